The third kappa shape index (κ3) is 5.02. The van der Waals surface area contributed by atoms with E-state index in [0.717, 1.165) is 12.8 Å². The van der Waals surface area contributed by atoms with Gasteiger partial charge in [0.15, 0.2) is 0 Å². The lowest BCUT2D eigenvalue weighted by Crippen LogP contribution is -2.26. The lowest BCUT2D eigenvalue weighted by molar-refractivity contribution is 0.0948. The van der Waals surface area contributed by atoms with Gasteiger partial charge in [0.25, 0.3) is 5.91 Å². The summed E-state index contributed by atoms with van der Waals surface area (Å²) in [6, 6.07) is 8.14. The minimum absolute atomic E-state index is 0.224. The molecule has 5 nitrogen and oxygen atoms in total. The smallest absolute Gasteiger partial charge is 0.270 e. The van der Waals surface area contributed by atoms with Crippen LogP contribution in [-0.2, 0) is 6.54 Å². The molecule has 0 radical (unpaired) electrons. The molecule has 0 atom stereocenters. The lowest BCUT2D eigenvalue weighted by Gasteiger charge is -2.09. The minimum Gasteiger partial charge on any atom is -0.351 e. The maximum absolute atomic E-state index is 13.6. The first-order chi connectivity index (χ1) is 11.1. The molecule has 0 saturated carbocycles. The molecule has 0 unspecified atom stereocenters. The van der Waals surface area contributed by atoms with E-state index >= 15 is 0 Å². The molecule has 0 bridgehead atoms. The number of nitrogens with one attached hydrogen (secondary N) is 2. The van der Waals surface area contributed by atoms with Crippen LogP contribution in [-0.4, -0.2) is 22.4 Å². The number of rotatable bonds is 7. The number of anilines is 1. The number of nitrogens with zero attached hydrogens (tertiary/aromatic N) is 2. The second-order valence-corrected chi connectivity index (χ2v) is 5.27. The average Bonchev–Trinajstić information content (AvgIpc) is 2.54. The molecule has 0 spiro atoms. The van der Waals surface area contributed by atoms with Gasteiger partial charge in [-0.1, -0.05) is 31.5 Å². The van der Waals surface area contributed by atoms with E-state index in [-0.39, 0.29) is 18.3 Å². The summed E-state index contributed by atoms with van der Waals surface area (Å²) in [7, 11) is 0. The molecule has 122 valence electrons. The molecule has 23 heavy (non-hydrogen) atoms. The molecule has 1 aromatic carbocycles. The van der Waals surface area contributed by atoms with Crippen LogP contribution in [0.15, 0.2) is 30.3 Å². The van der Waals surface area contributed by atoms with Gasteiger partial charge in [0.1, 0.15) is 11.5 Å². The van der Waals surface area contributed by atoms with E-state index in [0.29, 0.717) is 29.4 Å². The van der Waals surface area contributed by atoms with E-state index in [4.69, 9.17) is 0 Å². The fourth-order valence-electron chi connectivity index (χ4n) is 2.05. The molecular weight excluding hydrogens is 295 g/mol. The van der Waals surface area contributed by atoms with Gasteiger partial charge >= 0.3 is 0 Å². The Balaban J connectivity index is 2.05. The van der Waals surface area contributed by atoms with E-state index in [2.05, 4.69) is 27.5 Å². The highest BCUT2D eigenvalue weighted by molar-refractivity contribution is 5.92. The number of carbonyl (C=O) groups excluding carboxylic acids is 1. The van der Waals surface area contributed by atoms with Gasteiger partial charge in [-0.2, -0.15) is 0 Å². The van der Waals surface area contributed by atoms with Gasteiger partial charge in [-0.05, 0) is 25.5 Å². The number of carbonyl (C=O) groups is 1. The summed E-state index contributed by atoms with van der Waals surface area (Å²) >= 11 is 0. The van der Waals surface area contributed by atoms with Crippen LogP contribution in [0.4, 0.5) is 10.3 Å². The van der Waals surface area contributed by atoms with Crippen molar-refractivity contribution in [2.24, 2.45) is 0 Å². The Morgan fingerprint density at radius 1 is 1.26 bits per heavy atom. The Morgan fingerprint density at radius 2 is 2.04 bits per heavy atom. The number of aromatic nitrogens is 2. The first-order valence-corrected chi connectivity index (χ1v) is 7.71. The monoisotopic (exact) mass is 316 g/mol. The number of hydrogen-bond donors (Lipinski definition) is 2. The van der Waals surface area contributed by atoms with E-state index in [9.17, 15) is 9.18 Å². The van der Waals surface area contributed by atoms with Crippen molar-refractivity contribution in [3.63, 3.8) is 0 Å². The second kappa shape index (κ2) is 8.22. The van der Waals surface area contributed by atoms with Crippen LogP contribution in [0, 0.1) is 12.7 Å². The topological polar surface area (TPSA) is 66.9 Å². The summed E-state index contributed by atoms with van der Waals surface area (Å²) in [5.41, 5.74) is 1.51. The van der Waals surface area contributed by atoms with Crippen LogP contribution < -0.4 is 10.6 Å². The summed E-state index contributed by atoms with van der Waals surface area (Å²) < 4.78 is 13.6. The summed E-state index contributed by atoms with van der Waals surface area (Å²) in [5, 5.41) is 5.78. The number of amides is 1. The zero-order valence-electron chi connectivity index (χ0n) is 13.4. The van der Waals surface area contributed by atoms with Gasteiger partial charge in [0.05, 0.1) is 0 Å². The number of benzene rings is 1. The van der Waals surface area contributed by atoms with Gasteiger partial charge in [-0.25, -0.2) is 14.4 Å². The van der Waals surface area contributed by atoms with Gasteiger partial charge in [0, 0.05) is 24.3 Å². The van der Waals surface area contributed by atoms with Crippen molar-refractivity contribution in [1.82, 2.24) is 15.3 Å². The molecule has 1 amide bonds. The van der Waals surface area contributed by atoms with Crippen molar-refractivity contribution in [1.29, 1.82) is 0 Å². The van der Waals surface area contributed by atoms with Crippen molar-refractivity contribution in [3.8, 4) is 0 Å². The van der Waals surface area contributed by atoms with E-state index in [1.165, 1.54) is 6.07 Å². The number of halogens is 1. The number of unbranched alkanes of at least 4 members (excludes halogenated alkanes) is 1. The van der Waals surface area contributed by atoms with Crippen LogP contribution in [0.2, 0.25) is 0 Å². The highest BCUT2D eigenvalue weighted by atomic mass is 19.1. The van der Waals surface area contributed by atoms with Crippen LogP contribution in [0.5, 0.6) is 0 Å². The van der Waals surface area contributed by atoms with Crippen molar-refractivity contribution < 1.29 is 9.18 Å². The Morgan fingerprint density at radius 3 is 2.78 bits per heavy atom. The molecule has 0 saturated heterocycles. The Hall–Kier alpha value is -2.50. The average molecular weight is 316 g/mol. The van der Waals surface area contributed by atoms with Crippen molar-refractivity contribution >= 4 is 11.9 Å². The minimum atomic E-state index is -0.287. The largest absolute Gasteiger partial charge is 0.351 e. The van der Waals surface area contributed by atoms with Crippen LogP contribution in [0.3, 0.4) is 0 Å². The van der Waals surface area contributed by atoms with Crippen LogP contribution in [0.1, 0.15) is 41.5 Å². The van der Waals surface area contributed by atoms with Gasteiger partial charge in [-0.15, -0.1) is 0 Å². The lowest BCUT2D eigenvalue weighted by atomic mass is 10.2. The summed E-state index contributed by atoms with van der Waals surface area (Å²) in [6.07, 6.45) is 1.94. The number of hydrogen-bond acceptors (Lipinski definition) is 4. The fourth-order valence-corrected chi connectivity index (χ4v) is 2.05. The maximum atomic E-state index is 13.6. The highest BCUT2D eigenvalue weighted by Crippen LogP contribution is 2.10. The molecule has 2 aromatic rings. The maximum Gasteiger partial charge on any atom is 0.270 e. The van der Waals surface area contributed by atoms with Crippen molar-refractivity contribution in [3.05, 3.63) is 53.1 Å². The highest BCUT2D eigenvalue weighted by Gasteiger charge is 2.10. The predicted octanol–water partition coefficient (Wildman–Crippen LogP) is 3.07. The predicted molar refractivity (Wildman–Crippen MR) is 87.7 cm³/mol. The molecule has 1 heterocycles. The Labute approximate surface area is 135 Å². The molecule has 0 aliphatic carbocycles. The summed E-state index contributed by atoms with van der Waals surface area (Å²) in [6.45, 7) is 4.73. The molecule has 0 aliphatic heterocycles. The third-order valence-electron chi connectivity index (χ3n) is 3.30. The van der Waals surface area contributed by atoms with E-state index in [1.807, 2.05) is 0 Å². The van der Waals surface area contributed by atoms with Crippen LogP contribution >= 0.6 is 0 Å². The summed E-state index contributed by atoms with van der Waals surface area (Å²) in [4.78, 5) is 20.5. The van der Waals surface area contributed by atoms with E-state index in [1.54, 1.807) is 31.2 Å². The third-order valence-corrected chi connectivity index (χ3v) is 3.30. The first kappa shape index (κ1) is 16.9. The normalized spacial score (nSPS) is 10.4. The van der Waals surface area contributed by atoms with Crippen molar-refractivity contribution in [2.45, 2.75) is 33.2 Å². The standard InChI is InChI=1S/C17H21FN4O/c1-3-4-9-19-16(23)15-10-12(2)21-17(22-15)20-11-13-7-5-6-8-14(13)18/h5-8,10H,3-4,9,11H2,1-2H3,(H,19,23)(H,20,21,22). The zero-order valence-corrected chi connectivity index (χ0v) is 13.4. The number of aryl methyl sites for hydroxylation is 1. The summed E-state index contributed by atoms with van der Waals surface area (Å²) in [5.74, 6) is -0.197. The zero-order chi connectivity index (χ0) is 16.7. The van der Waals surface area contributed by atoms with Gasteiger partial charge in [-0.3, -0.25) is 4.79 Å². The molecule has 6 heteroatoms. The second-order valence-electron chi connectivity index (χ2n) is 5.27. The van der Waals surface area contributed by atoms with Crippen molar-refractivity contribution in [2.75, 3.05) is 11.9 Å². The molecule has 1 aromatic heterocycles. The fraction of sp³-hybridized carbons (Fsp3) is 0.353. The first-order valence-electron chi connectivity index (χ1n) is 7.71. The molecule has 2 N–H and O–H groups in total. The molecule has 0 aliphatic rings. The molecule has 0 fully saturated rings. The van der Waals surface area contributed by atoms with E-state index < -0.39 is 0 Å². The Bertz CT molecular complexity index is 675. The van der Waals surface area contributed by atoms with Crippen LogP contribution in [0.25, 0.3) is 0 Å². The quantitative estimate of drug-likeness (QED) is 0.770. The SMILES string of the molecule is CCCCNC(=O)c1cc(C)nc(NCc2ccccc2F)n1. The van der Waals surface area contributed by atoms with Gasteiger partial charge in [0.2, 0.25) is 5.95 Å². The molecule has 2 rings (SSSR count). The Kier molecular flexibility index (Phi) is 6.02. The van der Waals surface area contributed by atoms with Gasteiger partial charge < -0.3 is 10.6 Å². The molecular formula is C17H21FN4O.